The molecular weight excluding hydrogens is 652 g/mol. The maximum Gasteiger partial charge on any atom is 0.422 e. The molecule has 0 fully saturated rings. The zero-order valence-corrected chi connectivity index (χ0v) is 23.9. The van der Waals surface area contributed by atoms with E-state index < -0.39 is 93.9 Å². The van der Waals surface area contributed by atoms with E-state index in [1.54, 1.807) is 0 Å². The molecule has 0 saturated heterocycles. The van der Waals surface area contributed by atoms with Crippen molar-refractivity contribution in [3.05, 3.63) is 131 Å². The van der Waals surface area contributed by atoms with Crippen molar-refractivity contribution >= 4 is 5.83 Å². The fraction of sp³-hybridized carbons (Fsp3) is 0.176. The summed E-state index contributed by atoms with van der Waals surface area (Å²) in [6, 6.07) is 8.56. The van der Waals surface area contributed by atoms with Crippen molar-refractivity contribution in [2.24, 2.45) is 0 Å². The van der Waals surface area contributed by atoms with Gasteiger partial charge < -0.3 is 4.74 Å². The summed E-state index contributed by atoms with van der Waals surface area (Å²) in [4.78, 5) is 0. The molecule has 0 amide bonds. The van der Waals surface area contributed by atoms with E-state index >= 15 is 0 Å². The Morgan fingerprint density at radius 1 is 0.681 bits per heavy atom. The highest BCUT2D eigenvalue weighted by Crippen LogP contribution is 2.38. The van der Waals surface area contributed by atoms with Gasteiger partial charge in [0.25, 0.3) is 0 Å². The van der Waals surface area contributed by atoms with Crippen LogP contribution in [0.5, 0.6) is 5.75 Å². The molecule has 0 N–H and O–H groups in total. The molecule has 0 aliphatic heterocycles. The predicted molar refractivity (Wildman–Crippen MR) is 151 cm³/mol. The van der Waals surface area contributed by atoms with Crippen LogP contribution >= 0.6 is 0 Å². The highest BCUT2D eigenvalue weighted by molar-refractivity contribution is 5.72. The third-order valence-corrected chi connectivity index (χ3v) is 6.92. The number of allylic oxidation sites excluding steroid dienone is 2. The third kappa shape index (κ3) is 8.38. The van der Waals surface area contributed by atoms with E-state index in [1.807, 2.05) is 0 Å². The van der Waals surface area contributed by atoms with Gasteiger partial charge in [0.1, 0.15) is 46.2 Å². The molecule has 13 heteroatoms. The van der Waals surface area contributed by atoms with Crippen molar-refractivity contribution in [3.63, 3.8) is 0 Å². The van der Waals surface area contributed by atoms with Gasteiger partial charge in [0.2, 0.25) is 0 Å². The van der Waals surface area contributed by atoms with Crippen molar-refractivity contribution < 1.29 is 57.4 Å². The Bertz CT molecular complexity index is 1800. The first-order valence-electron chi connectivity index (χ1n) is 13.7. The minimum Gasteiger partial charge on any atom is -0.432 e. The van der Waals surface area contributed by atoms with E-state index in [9.17, 15) is 52.7 Å². The van der Waals surface area contributed by atoms with Gasteiger partial charge in [0, 0.05) is 29.2 Å². The van der Waals surface area contributed by atoms with Gasteiger partial charge in [-0.2, -0.15) is 22.0 Å². The van der Waals surface area contributed by atoms with Crippen LogP contribution < -0.4 is 4.74 Å². The highest BCUT2D eigenvalue weighted by atomic mass is 19.4. The summed E-state index contributed by atoms with van der Waals surface area (Å²) in [5.74, 6) is -10.4. The van der Waals surface area contributed by atoms with E-state index in [0.717, 1.165) is 42.5 Å². The minimum absolute atomic E-state index is 0.147. The molecule has 0 unspecified atom stereocenters. The molecule has 0 aromatic heterocycles. The van der Waals surface area contributed by atoms with E-state index in [0.29, 0.717) is 24.3 Å². The molecule has 1 nitrogen and oxygen atoms in total. The fourth-order valence-electron chi connectivity index (χ4n) is 4.60. The molecule has 0 heterocycles. The lowest BCUT2D eigenvalue weighted by molar-refractivity contribution is -0.180. The van der Waals surface area contributed by atoms with E-state index in [2.05, 4.69) is 11.3 Å². The number of aryl methyl sites for hydroxylation is 1. The van der Waals surface area contributed by atoms with Crippen LogP contribution in [0.3, 0.4) is 0 Å². The lowest BCUT2D eigenvalue weighted by Crippen LogP contribution is -2.25. The molecule has 248 valence electrons. The lowest BCUT2D eigenvalue weighted by atomic mass is 9.98. The molecular formula is C34H22F12O. The van der Waals surface area contributed by atoms with Crippen LogP contribution in [-0.2, 0) is 12.6 Å². The SMILES string of the molecule is C=CCC/C(F)=C(\F)c1ccc(CCC(F)(F)Oc2ccc(-c3ccc(-c4cc(F)c(C(F)(F)F)c(F)c4)c(F)c3)c(F)c2)c(F)c1. The summed E-state index contributed by atoms with van der Waals surface area (Å²) in [7, 11) is 0. The largest absolute Gasteiger partial charge is 0.432 e. The Morgan fingerprint density at radius 3 is 1.85 bits per heavy atom. The van der Waals surface area contributed by atoms with Gasteiger partial charge in [0.15, 0.2) is 5.83 Å². The molecule has 0 saturated carbocycles. The molecule has 4 rings (SSSR count). The number of alkyl halides is 5. The van der Waals surface area contributed by atoms with Gasteiger partial charge in [0.05, 0.1) is 6.42 Å². The van der Waals surface area contributed by atoms with Crippen LogP contribution in [0.4, 0.5) is 52.7 Å². The van der Waals surface area contributed by atoms with Crippen LogP contribution in [0.1, 0.15) is 36.0 Å². The summed E-state index contributed by atoms with van der Waals surface area (Å²) in [5.41, 5.74) is -4.32. The van der Waals surface area contributed by atoms with Gasteiger partial charge >= 0.3 is 12.3 Å². The Kier molecular flexibility index (Phi) is 10.5. The van der Waals surface area contributed by atoms with Gasteiger partial charge in [-0.1, -0.05) is 30.3 Å². The number of hydrogen-bond donors (Lipinski definition) is 0. The second-order valence-corrected chi connectivity index (χ2v) is 10.2. The fourth-order valence-corrected chi connectivity index (χ4v) is 4.60. The van der Waals surface area contributed by atoms with Crippen molar-refractivity contribution in [3.8, 4) is 28.0 Å². The number of hydrogen-bond acceptors (Lipinski definition) is 1. The Labute approximate surface area is 260 Å². The van der Waals surface area contributed by atoms with Gasteiger partial charge in [-0.25, -0.2) is 30.7 Å². The Hall–Kier alpha value is -4.68. The zero-order chi connectivity index (χ0) is 34.7. The quantitative estimate of drug-likeness (QED) is 0.114. The first-order chi connectivity index (χ1) is 22.0. The Morgan fingerprint density at radius 2 is 1.28 bits per heavy atom. The monoisotopic (exact) mass is 674 g/mol. The van der Waals surface area contributed by atoms with E-state index in [-0.39, 0.29) is 29.5 Å². The first kappa shape index (κ1) is 35.2. The second kappa shape index (κ2) is 14.0. The number of benzene rings is 4. The van der Waals surface area contributed by atoms with Crippen molar-refractivity contribution in [2.75, 3.05) is 0 Å². The first-order valence-corrected chi connectivity index (χ1v) is 13.7. The van der Waals surface area contributed by atoms with Gasteiger partial charge in [-0.05, 0) is 65.9 Å². The Balaban J connectivity index is 1.46. The normalized spacial score (nSPS) is 12.6. The van der Waals surface area contributed by atoms with Crippen LogP contribution in [0, 0.1) is 29.1 Å². The minimum atomic E-state index is -5.33. The number of rotatable bonds is 11. The number of halogens is 12. The van der Waals surface area contributed by atoms with Crippen molar-refractivity contribution in [2.45, 2.75) is 38.0 Å². The molecule has 47 heavy (non-hydrogen) atoms. The van der Waals surface area contributed by atoms with E-state index in [1.165, 1.54) is 6.08 Å². The lowest BCUT2D eigenvalue weighted by Gasteiger charge is -2.19. The predicted octanol–water partition coefficient (Wildman–Crippen LogP) is 11.9. The summed E-state index contributed by atoms with van der Waals surface area (Å²) >= 11 is 0. The third-order valence-electron chi connectivity index (χ3n) is 6.92. The van der Waals surface area contributed by atoms with Crippen molar-refractivity contribution in [1.82, 2.24) is 0 Å². The smallest absolute Gasteiger partial charge is 0.422 e. The van der Waals surface area contributed by atoms with Crippen molar-refractivity contribution in [1.29, 1.82) is 0 Å². The average molecular weight is 675 g/mol. The summed E-state index contributed by atoms with van der Waals surface area (Å²) in [6.07, 6.45) is -9.73. The molecule has 0 bridgehead atoms. The van der Waals surface area contributed by atoms with Gasteiger partial charge in [-0.15, -0.1) is 6.58 Å². The van der Waals surface area contributed by atoms with E-state index in [4.69, 9.17) is 0 Å². The van der Waals surface area contributed by atoms with Crippen LogP contribution in [-0.4, -0.2) is 6.11 Å². The number of ether oxygens (including phenoxy) is 1. The standard InChI is InChI=1S/C34H22F12O/c1-2-3-4-25(35)32(41)20-6-5-18(26(36)14-20)11-12-33(42,43)47-22-8-10-23(28(38)17-22)19-7-9-24(27(37)13-19)21-15-29(39)31(30(40)16-21)34(44,45)46/h2,5-10,13-17H,1,3-4,11-12H2/b32-25+. The topological polar surface area (TPSA) is 9.23 Å². The van der Waals surface area contributed by atoms with Crippen LogP contribution in [0.25, 0.3) is 28.1 Å². The second-order valence-electron chi connectivity index (χ2n) is 10.2. The molecule has 4 aromatic rings. The van der Waals surface area contributed by atoms with Gasteiger partial charge in [-0.3, -0.25) is 0 Å². The summed E-state index contributed by atoms with van der Waals surface area (Å²) in [6.45, 7) is 3.39. The maximum absolute atomic E-state index is 14.9. The summed E-state index contributed by atoms with van der Waals surface area (Å²) < 4.78 is 172. The average Bonchev–Trinajstić information content (AvgIpc) is 2.97. The molecule has 4 aromatic carbocycles. The molecule has 0 aliphatic carbocycles. The van der Waals surface area contributed by atoms with Crippen LogP contribution in [0.15, 0.2) is 85.2 Å². The summed E-state index contributed by atoms with van der Waals surface area (Å²) in [5, 5.41) is 0. The zero-order valence-electron chi connectivity index (χ0n) is 23.9. The highest BCUT2D eigenvalue weighted by Gasteiger charge is 2.38. The molecule has 0 radical (unpaired) electrons. The molecule has 0 aliphatic rings. The molecule has 0 atom stereocenters. The molecule has 0 spiro atoms. The van der Waals surface area contributed by atoms with Crippen LogP contribution in [0.2, 0.25) is 0 Å². The maximum atomic E-state index is 14.9.